The normalized spacial score (nSPS) is 18.5. The van der Waals surface area contributed by atoms with Crippen molar-refractivity contribution in [3.63, 3.8) is 0 Å². The predicted molar refractivity (Wildman–Crippen MR) is 203 cm³/mol. The zero-order valence-corrected chi connectivity index (χ0v) is 34.0. The van der Waals surface area contributed by atoms with Crippen molar-refractivity contribution in [1.82, 2.24) is 19.6 Å². The molecule has 13 nitrogen and oxygen atoms in total. The van der Waals surface area contributed by atoms with Crippen molar-refractivity contribution >= 4 is 29.6 Å². The third-order valence-electron chi connectivity index (χ3n) is 7.68. The SMILES string of the molecule is CC(C)(C)OC(=O)CN1CCN(CC(=O)OC(C)(C)C)CCN(CC(=O)OC(C)(C)C)[C@@H](Cc2ccc(N)cc2)CN(CC(=O)OC(C)(C)C)CC1. The van der Waals surface area contributed by atoms with Crippen molar-refractivity contribution in [2.45, 2.75) is 118 Å². The third-order valence-corrected chi connectivity index (χ3v) is 7.68. The van der Waals surface area contributed by atoms with Crippen LogP contribution in [0, 0.1) is 0 Å². The molecule has 13 heteroatoms. The minimum Gasteiger partial charge on any atom is -0.459 e. The van der Waals surface area contributed by atoms with Gasteiger partial charge < -0.3 is 24.7 Å². The summed E-state index contributed by atoms with van der Waals surface area (Å²) < 4.78 is 22.9. The molecule has 2 rings (SSSR count). The van der Waals surface area contributed by atoms with Gasteiger partial charge in [-0.2, -0.15) is 0 Å². The van der Waals surface area contributed by atoms with E-state index in [1.807, 2.05) is 122 Å². The highest BCUT2D eigenvalue weighted by molar-refractivity contribution is 5.73. The summed E-state index contributed by atoms with van der Waals surface area (Å²) in [5, 5.41) is 0. The van der Waals surface area contributed by atoms with Crippen LogP contribution >= 0.6 is 0 Å². The van der Waals surface area contributed by atoms with Gasteiger partial charge in [-0.1, -0.05) is 12.1 Å². The molecule has 0 amide bonds. The number of ether oxygens (including phenoxy) is 4. The Morgan fingerprint density at radius 3 is 1.25 bits per heavy atom. The molecule has 0 aromatic heterocycles. The number of carbonyl (C=O) groups excluding carboxylic acids is 4. The second-order valence-corrected chi connectivity index (χ2v) is 17.7. The van der Waals surface area contributed by atoms with E-state index in [9.17, 15) is 19.2 Å². The van der Waals surface area contributed by atoms with Gasteiger partial charge in [0.1, 0.15) is 22.4 Å². The number of rotatable bonds is 10. The lowest BCUT2D eigenvalue weighted by atomic mass is 10.0. The fraction of sp³-hybridized carbons (Fsp3) is 0.744. The quantitative estimate of drug-likeness (QED) is 0.212. The first kappa shape index (κ1) is 44.9. The summed E-state index contributed by atoms with van der Waals surface area (Å²) in [6.07, 6.45) is 0.543. The Morgan fingerprint density at radius 1 is 0.538 bits per heavy atom. The minimum atomic E-state index is -0.681. The van der Waals surface area contributed by atoms with Gasteiger partial charge in [0.15, 0.2) is 0 Å². The summed E-state index contributed by atoms with van der Waals surface area (Å²) in [4.78, 5) is 61.0. The van der Waals surface area contributed by atoms with Crippen molar-refractivity contribution in [1.29, 1.82) is 0 Å². The van der Waals surface area contributed by atoms with Crippen LogP contribution in [0.5, 0.6) is 0 Å². The van der Waals surface area contributed by atoms with E-state index in [2.05, 4.69) is 4.90 Å². The molecule has 2 N–H and O–H groups in total. The highest BCUT2D eigenvalue weighted by atomic mass is 16.6. The standard InChI is InChI=1S/C39H67N5O8/c1-36(2,3)49-32(45)25-41-17-18-42(26-33(46)50-37(4,5)6)21-22-44(28-35(48)52-39(10,11)12)31(23-29-13-15-30(40)16-14-29)24-43(20-19-41)27-34(47)51-38(7,8)9/h13-16,31H,17-28,40H2,1-12H3/t31-/m0/s1. The van der Waals surface area contributed by atoms with E-state index in [0.29, 0.717) is 57.9 Å². The van der Waals surface area contributed by atoms with Gasteiger partial charge in [-0.05, 0) is 107 Å². The molecule has 1 heterocycles. The van der Waals surface area contributed by atoms with Gasteiger partial charge in [0.05, 0.1) is 26.2 Å². The van der Waals surface area contributed by atoms with E-state index in [0.717, 1.165) is 5.56 Å². The summed E-state index contributed by atoms with van der Waals surface area (Å²) in [6.45, 7) is 25.1. The minimum absolute atomic E-state index is 0.00222. The molecule has 1 aliphatic rings. The first-order valence-corrected chi connectivity index (χ1v) is 18.4. The van der Waals surface area contributed by atoms with E-state index in [1.165, 1.54) is 0 Å². The summed E-state index contributed by atoms with van der Waals surface area (Å²) in [6, 6.07) is 7.36. The second kappa shape index (κ2) is 19.2. The molecule has 52 heavy (non-hydrogen) atoms. The number of nitrogen functional groups attached to an aromatic ring is 1. The molecule has 0 radical (unpaired) electrons. The maximum atomic E-state index is 13.4. The van der Waals surface area contributed by atoms with Gasteiger partial charge in [-0.15, -0.1) is 0 Å². The molecule has 0 saturated carbocycles. The number of nitrogens with zero attached hydrogens (tertiary/aromatic N) is 4. The lowest BCUT2D eigenvalue weighted by Crippen LogP contribution is -2.54. The fourth-order valence-electron chi connectivity index (χ4n) is 5.74. The first-order valence-electron chi connectivity index (χ1n) is 18.4. The van der Waals surface area contributed by atoms with E-state index in [4.69, 9.17) is 24.7 Å². The predicted octanol–water partition coefficient (Wildman–Crippen LogP) is 3.77. The summed E-state index contributed by atoms with van der Waals surface area (Å²) in [5.41, 5.74) is 5.01. The van der Waals surface area contributed by atoms with Gasteiger partial charge in [-0.25, -0.2) is 0 Å². The fourth-order valence-corrected chi connectivity index (χ4v) is 5.74. The third kappa shape index (κ3) is 20.1. The number of carbonyl (C=O) groups is 4. The van der Waals surface area contributed by atoms with Gasteiger partial charge in [0.2, 0.25) is 0 Å². The van der Waals surface area contributed by atoms with Crippen LogP contribution in [0.3, 0.4) is 0 Å². The lowest BCUT2D eigenvalue weighted by Gasteiger charge is -2.38. The van der Waals surface area contributed by atoms with Crippen LogP contribution in [0.25, 0.3) is 0 Å². The lowest BCUT2D eigenvalue weighted by molar-refractivity contribution is -0.160. The number of esters is 4. The molecular weight excluding hydrogens is 666 g/mol. The topological polar surface area (TPSA) is 144 Å². The van der Waals surface area contributed by atoms with E-state index in [-0.39, 0.29) is 56.1 Å². The van der Waals surface area contributed by atoms with Crippen molar-refractivity contribution in [2.24, 2.45) is 0 Å². The zero-order chi connectivity index (χ0) is 39.5. The Morgan fingerprint density at radius 2 is 0.865 bits per heavy atom. The Bertz CT molecular complexity index is 1310. The smallest absolute Gasteiger partial charge is 0.320 e. The van der Waals surface area contributed by atoms with Crippen LogP contribution < -0.4 is 5.73 Å². The van der Waals surface area contributed by atoms with Gasteiger partial charge in [-0.3, -0.25) is 38.8 Å². The molecule has 1 aromatic carbocycles. The van der Waals surface area contributed by atoms with Crippen molar-refractivity contribution < 1.29 is 38.1 Å². The van der Waals surface area contributed by atoms with Gasteiger partial charge >= 0.3 is 23.9 Å². The summed E-state index contributed by atoms with van der Waals surface area (Å²) in [7, 11) is 0. The molecule has 1 atom stereocenters. The van der Waals surface area contributed by atoms with Crippen molar-refractivity contribution in [3.8, 4) is 0 Å². The number of benzene rings is 1. The molecule has 1 aromatic rings. The molecule has 1 saturated heterocycles. The summed E-state index contributed by atoms with van der Waals surface area (Å²) in [5.74, 6) is -1.46. The van der Waals surface area contributed by atoms with Crippen LogP contribution in [-0.4, -0.2) is 144 Å². The number of nitrogens with two attached hydrogens (primary N) is 1. The van der Waals surface area contributed by atoms with Crippen LogP contribution in [0.2, 0.25) is 0 Å². The van der Waals surface area contributed by atoms with Crippen LogP contribution in [0.4, 0.5) is 5.69 Å². The molecule has 1 aliphatic heterocycles. The molecular formula is C39H67N5O8. The molecule has 0 bridgehead atoms. The average Bonchev–Trinajstić information content (AvgIpc) is 2.92. The van der Waals surface area contributed by atoms with Crippen LogP contribution in [0.1, 0.15) is 88.6 Å². The molecule has 296 valence electrons. The van der Waals surface area contributed by atoms with E-state index < -0.39 is 22.4 Å². The van der Waals surface area contributed by atoms with Crippen LogP contribution in [0.15, 0.2) is 24.3 Å². The Kier molecular flexibility index (Phi) is 16.6. The Hall–Kier alpha value is -3.26. The Balaban J connectivity index is 2.59. The number of anilines is 1. The highest BCUT2D eigenvalue weighted by Crippen LogP contribution is 2.18. The van der Waals surface area contributed by atoms with Gasteiger partial charge in [0, 0.05) is 57.5 Å². The number of hydrogen-bond acceptors (Lipinski definition) is 13. The zero-order valence-electron chi connectivity index (χ0n) is 34.0. The number of hydrogen-bond donors (Lipinski definition) is 1. The first-order chi connectivity index (χ1) is 23.7. The summed E-state index contributed by atoms with van der Waals surface area (Å²) >= 11 is 0. The maximum absolute atomic E-state index is 13.4. The molecule has 1 fully saturated rings. The second-order valence-electron chi connectivity index (χ2n) is 17.7. The van der Waals surface area contributed by atoms with Crippen molar-refractivity contribution in [3.05, 3.63) is 29.8 Å². The molecule has 0 unspecified atom stereocenters. The monoisotopic (exact) mass is 733 g/mol. The highest BCUT2D eigenvalue weighted by Gasteiger charge is 2.31. The molecule has 0 spiro atoms. The van der Waals surface area contributed by atoms with Crippen LogP contribution in [-0.2, 0) is 44.5 Å². The largest absolute Gasteiger partial charge is 0.459 e. The molecule has 0 aliphatic carbocycles. The Labute approximate surface area is 312 Å². The van der Waals surface area contributed by atoms with E-state index in [1.54, 1.807) is 0 Å². The van der Waals surface area contributed by atoms with Gasteiger partial charge in [0.25, 0.3) is 0 Å². The van der Waals surface area contributed by atoms with E-state index >= 15 is 0 Å². The average molecular weight is 734 g/mol. The maximum Gasteiger partial charge on any atom is 0.320 e. The van der Waals surface area contributed by atoms with Crippen molar-refractivity contribution in [2.75, 3.05) is 77.7 Å².